The first-order valence-corrected chi connectivity index (χ1v) is 11.6. The quantitative estimate of drug-likeness (QED) is 0.642. The van der Waals surface area contributed by atoms with Gasteiger partial charge >= 0.3 is 0 Å². The van der Waals surface area contributed by atoms with Gasteiger partial charge in [-0.05, 0) is 68.6 Å². The molecule has 6 nitrogen and oxygen atoms in total. The Morgan fingerprint density at radius 2 is 1.79 bits per heavy atom. The largest absolute Gasteiger partial charge is 0.327 e. The summed E-state index contributed by atoms with van der Waals surface area (Å²) in [5, 5.41) is 3.03. The molecule has 2 aliphatic rings. The molecule has 0 aliphatic heterocycles. The average Bonchev–Trinajstić information content (AvgIpc) is 2.58. The molecular weight excluding hydrogens is 398 g/mol. The number of anilines is 2. The predicted octanol–water partition coefficient (Wildman–Crippen LogP) is 3.66. The van der Waals surface area contributed by atoms with E-state index in [2.05, 4.69) is 10.0 Å². The van der Waals surface area contributed by atoms with Gasteiger partial charge < -0.3 is 11.1 Å². The maximum absolute atomic E-state index is 12.9. The minimum absolute atomic E-state index is 0. The highest BCUT2D eigenvalue weighted by Crippen LogP contribution is 2.42. The third kappa shape index (κ3) is 5.19. The molecule has 28 heavy (non-hydrogen) atoms. The molecule has 158 valence electrons. The van der Waals surface area contributed by atoms with Crippen LogP contribution in [0.25, 0.3) is 0 Å². The summed E-state index contributed by atoms with van der Waals surface area (Å²) in [5.41, 5.74) is 8.25. The highest BCUT2D eigenvalue weighted by molar-refractivity contribution is 7.92. The first-order chi connectivity index (χ1) is 12.8. The summed E-state index contributed by atoms with van der Waals surface area (Å²) in [4.78, 5) is 12.9. The van der Waals surface area contributed by atoms with Gasteiger partial charge in [0, 0.05) is 17.6 Å². The van der Waals surface area contributed by atoms with E-state index in [-0.39, 0.29) is 36.0 Å². The van der Waals surface area contributed by atoms with E-state index >= 15 is 0 Å². The van der Waals surface area contributed by atoms with Gasteiger partial charge in [-0.25, -0.2) is 8.42 Å². The summed E-state index contributed by atoms with van der Waals surface area (Å²) >= 11 is 0. The van der Waals surface area contributed by atoms with Gasteiger partial charge in [-0.3, -0.25) is 9.52 Å². The number of carbonyl (C=O) groups is 1. The van der Waals surface area contributed by atoms with Crippen molar-refractivity contribution >= 4 is 39.7 Å². The van der Waals surface area contributed by atoms with Crippen molar-refractivity contribution in [2.24, 2.45) is 23.5 Å². The molecule has 2 saturated carbocycles. The Hall–Kier alpha value is -1.31. The summed E-state index contributed by atoms with van der Waals surface area (Å²) in [7, 11) is -3.37. The maximum atomic E-state index is 12.9. The normalized spacial score (nSPS) is 26.8. The van der Waals surface area contributed by atoms with Crippen molar-refractivity contribution in [2.45, 2.75) is 58.4 Å². The van der Waals surface area contributed by atoms with Crippen molar-refractivity contribution in [3.05, 3.63) is 23.8 Å². The fraction of sp³-hybridized carbons (Fsp3) is 0.650. The fourth-order valence-electron chi connectivity index (χ4n) is 4.61. The number of fused-ring (bicyclic) bond motifs is 2. The number of nitrogens with one attached hydrogen (secondary N) is 2. The van der Waals surface area contributed by atoms with Crippen molar-refractivity contribution in [3.63, 3.8) is 0 Å². The lowest BCUT2D eigenvalue weighted by Gasteiger charge is -2.43. The van der Waals surface area contributed by atoms with Gasteiger partial charge in [0.25, 0.3) is 0 Å². The third-order valence-electron chi connectivity index (χ3n) is 6.11. The number of nitrogens with two attached hydrogens (primary N) is 1. The van der Waals surface area contributed by atoms with Crippen LogP contribution in [0.2, 0.25) is 0 Å². The average molecular weight is 430 g/mol. The number of benzene rings is 1. The fourth-order valence-corrected chi connectivity index (χ4v) is 5.80. The number of hydrogen-bond acceptors (Lipinski definition) is 4. The van der Waals surface area contributed by atoms with E-state index in [0.29, 0.717) is 29.6 Å². The number of carbonyl (C=O) groups excluding carboxylic acids is 1. The Kier molecular flexibility index (Phi) is 7.76. The standard InChI is InChI=1S/C20H31N3O3S.ClH/c1-3-10-27(25,26)23-18-9-5-8-17(13(18)2)22-20(24)16-11-14-6-4-7-15(12-16)19(14)21;/h5,8-9,14-16,19,23H,3-4,6-7,10-12,21H2,1-2H3,(H,22,24);1H. The van der Waals surface area contributed by atoms with Gasteiger partial charge in [-0.15, -0.1) is 12.4 Å². The number of hydrogen-bond donors (Lipinski definition) is 3. The molecule has 8 heteroatoms. The van der Waals surface area contributed by atoms with Crippen molar-refractivity contribution in [2.75, 3.05) is 15.8 Å². The molecule has 3 rings (SSSR count). The van der Waals surface area contributed by atoms with Gasteiger partial charge in [0.1, 0.15) is 0 Å². The van der Waals surface area contributed by atoms with E-state index in [9.17, 15) is 13.2 Å². The molecule has 1 aromatic rings. The molecule has 4 N–H and O–H groups in total. The van der Waals surface area contributed by atoms with Crippen molar-refractivity contribution in [1.82, 2.24) is 0 Å². The van der Waals surface area contributed by atoms with Gasteiger partial charge in [-0.2, -0.15) is 0 Å². The monoisotopic (exact) mass is 429 g/mol. The molecule has 0 radical (unpaired) electrons. The van der Waals surface area contributed by atoms with E-state index < -0.39 is 10.0 Å². The maximum Gasteiger partial charge on any atom is 0.232 e. The Balaban J connectivity index is 0.00000280. The highest BCUT2D eigenvalue weighted by atomic mass is 35.5. The molecule has 2 bridgehead atoms. The second-order valence-corrected chi connectivity index (χ2v) is 9.93. The van der Waals surface area contributed by atoms with E-state index in [1.807, 2.05) is 19.9 Å². The minimum atomic E-state index is -3.37. The Morgan fingerprint density at radius 1 is 1.18 bits per heavy atom. The van der Waals surface area contributed by atoms with Crippen molar-refractivity contribution < 1.29 is 13.2 Å². The first-order valence-electron chi connectivity index (χ1n) is 9.97. The molecule has 1 aromatic carbocycles. The smallest absolute Gasteiger partial charge is 0.232 e. The summed E-state index contributed by atoms with van der Waals surface area (Å²) < 4.78 is 26.8. The predicted molar refractivity (Wildman–Crippen MR) is 116 cm³/mol. The Bertz CT molecular complexity index is 786. The number of sulfonamides is 1. The summed E-state index contributed by atoms with van der Waals surface area (Å²) in [5.74, 6) is 0.979. The summed E-state index contributed by atoms with van der Waals surface area (Å²) in [6.07, 6.45) is 5.72. The molecule has 0 spiro atoms. The molecule has 2 atom stereocenters. The van der Waals surface area contributed by atoms with Gasteiger partial charge in [0.05, 0.1) is 11.4 Å². The third-order valence-corrected chi connectivity index (χ3v) is 7.59. The lowest BCUT2D eigenvalue weighted by molar-refractivity contribution is -0.122. The van der Waals surface area contributed by atoms with E-state index in [0.717, 1.165) is 31.2 Å². The molecule has 1 amide bonds. The van der Waals surface area contributed by atoms with Crippen LogP contribution in [0.1, 0.15) is 51.0 Å². The number of rotatable bonds is 6. The zero-order chi connectivity index (χ0) is 19.6. The van der Waals surface area contributed by atoms with Crippen LogP contribution in [-0.4, -0.2) is 26.1 Å². The SMILES string of the molecule is CCCS(=O)(=O)Nc1cccc(NC(=O)C2CC3CCCC(C2)C3N)c1C.Cl. The zero-order valence-electron chi connectivity index (χ0n) is 16.6. The van der Waals surface area contributed by atoms with Crippen molar-refractivity contribution in [1.29, 1.82) is 0 Å². The molecule has 0 aromatic heterocycles. The Morgan fingerprint density at radius 3 is 2.39 bits per heavy atom. The summed E-state index contributed by atoms with van der Waals surface area (Å²) in [6, 6.07) is 5.54. The number of halogens is 1. The van der Waals surface area contributed by atoms with Crippen LogP contribution < -0.4 is 15.8 Å². The molecule has 0 saturated heterocycles. The van der Waals surface area contributed by atoms with Crippen LogP contribution >= 0.6 is 12.4 Å². The lowest BCUT2D eigenvalue weighted by Crippen LogP contribution is -2.48. The van der Waals surface area contributed by atoms with Gasteiger partial charge in [0.2, 0.25) is 15.9 Å². The van der Waals surface area contributed by atoms with E-state index in [1.54, 1.807) is 12.1 Å². The van der Waals surface area contributed by atoms with Gasteiger partial charge in [-0.1, -0.05) is 19.4 Å². The molecular formula is C20H32ClN3O3S. The molecule has 2 aliphatic carbocycles. The molecule has 2 unspecified atom stereocenters. The van der Waals surface area contributed by atoms with Crippen LogP contribution in [0.5, 0.6) is 0 Å². The highest BCUT2D eigenvalue weighted by Gasteiger charge is 2.40. The number of amides is 1. The Labute approximate surface area is 174 Å². The van der Waals surface area contributed by atoms with Crippen LogP contribution in [0.4, 0.5) is 11.4 Å². The zero-order valence-corrected chi connectivity index (χ0v) is 18.2. The second kappa shape index (κ2) is 9.46. The van der Waals surface area contributed by atoms with Crippen LogP contribution in [0, 0.1) is 24.7 Å². The first kappa shape index (κ1) is 23.0. The lowest BCUT2D eigenvalue weighted by atomic mass is 9.65. The topological polar surface area (TPSA) is 101 Å². The molecule has 0 heterocycles. The molecule has 2 fully saturated rings. The summed E-state index contributed by atoms with van der Waals surface area (Å²) in [6.45, 7) is 3.65. The van der Waals surface area contributed by atoms with Crippen molar-refractivity contribution in [3.8, 4) is 0 Å². The second-order valence-electron chi connectivity index (χ2n) is 8.09. The van der Waals surface area contributed by atoms with Gasteiger partial charge in [0.15, 0.2) is 0 Å². The minimum Gasteiger partial charge on any atom is -0.327 e. The van der Waals surface area contributed by atoms with E-state index in [1.165, 1.54) is 6.42 Å². The van der Waals surface area contributed by atoms with Crippen LogP contribution in [-0.2, 0) is 14.8 Å². The van der Waals surface area contributed by atoms with Crippen LogP contribution in [0.15, 0.2) is 18.2 Å². The van der Waals surface area contributed by atoms with E-state index in [4.69, 9.17) is 5.73 Å². The van der Waals surface area contributed by atoms with Crippen LogP contribution in [0.3, 0.4) is 0 Å².